The highest BCUT2D eigenvalue weighted by Gasteiger charge is 2.48. The van der Waals surface area contributed by atoms with E-state index in [9.17, 15) is 9.36 Å². The maximum atomic E-state index is 12.7. The van der Waals surface area contributed by atoms with Gasteiger partial charge in [-0.25, -0.2) is 0 Å². The fourth-order valence-corrected chi connectivity index (χ4v) is 3.94. The lowest BCUT2D eigenvalue weighted by Crippen LogP contribution is -2.28. The molecule has 0 spiro atoms. The molecule has 0 saturated heterocycles. The van der Waals surface area contributed by atoms with Gasteiger partial charge in [0.1, 0.15) is 0 Å². The summed E-state index contributed by atoms with van der Waals surface area (Å²) in [6.07, 6.45) is 1.59. The average molecular weight is 281 g/mol. The van der Waals surface area contributed by atoms with E-state index in [4.69, 9.17) is 9.05 Å². The summed E-state index contributed by atoms with van der Waals surface area (Å²) in [5.41, 5.74) is 1.20. The first-order valence-electron chi connectivity index (χ1n) is 5.81. The Bertz CT molecular complexity index is 549. The molecule has 19 heavy (non-hydrogen) atoms. The van der Waals surface area contributed by atoms with Crippen molar-refractivity contribution in [3.63, 3.8) is 0 Å². The van der Waals surface area contributed by atoms with Crippen LogP contribution in [-0.2, 0) is 13.6 Å². The van der Waals surface area contributed by atoms with Crippen LogP contribution < -0.4 is 0 Å². The largest absolute Gasteiger partial charge is 0.357 e. The van der Waals surface area contributed by atoms with Crippen LogP contribution in [0.1, 0.15) is 21.7 Å². The topological polar surface area (TPSA) is 55.8 Å². The van der Waals surface area contributed by atoms with E-state index < -0.39 is 13.4 Å². The van der Waals surface area contributed by atoms with Crippen molar-refractivity contribution in [2.45, 2.75) is 5.78 Å². The first-order valence-corrected chi connectivity index (χ1v) is 7.42. The van der Waals surface area contributed by atoms with Gasteiger partial charge in [0, 0.05) is 26.3 Å². The third-order valence-corrected chi connectivity index (χ3v) is 5.33. The molecule has 0 aromatic heterocycles. The Kier molecular flexibility index (Phi) is 3.90. The van der Waals surface area contributed by atoms with Crippen molar-refractivity contribution in [3.8, 4) is 0 Å². The van der Waals surface area contributed by atoms with E-state index in [0.717, 1.165) is 0 Å². The lowest BCUT2D eigenvalue weighted by atomic mass is 10.1. The molecule has 1 aromatic rings. The normalized spacial score (nSPS) is 18.5. The minimum atomic E-state index is -3.43. The van der Waals surface area contributed by atoms with Gasteiger partial charge in [-0.2, -0.15) is 0 Å². The van der Waals surface area contributed by atoms with Crippen molar-refractivity contribution < 1.29 is 18.4 Å². The van der Waals surface area contributed by atoms with Gasteiger partial charge in [0.2, 0.25) is 0 Å². The molecule has 1 amide bonds. The molecular weight excluding hydrogens is 265 g/mol. The second kappa shape index (κ2) is 5.29. The van der Waals surface area contributed by atoms with E-state index in [1.165, 1.54) is 19.1 Å². The van der Waals surface area contributed by atoms with Crippen LogP contribution in [0.3, 0.4) is 0 Å². The Morgan fingerprint density at radius 2 is 2.00 bits per heavy atom. The highest BCUT2D eigenvalue weighted by molar-refractivity contribution is 7.54. The molecule has 0 saturated carbocycles. The molecule has 0 N–H and O–H groups in total. The summed E-state index contributed by atoms with van der Waals surface area (Å²) in [6.45, 7) is 3.91. The Labute approximate surface area is 112 Å². The van der Waals surface area contributed by atoms with Gasteiger partial charge in [0.25, 0.3) is 5.91 Å². The monoisotopic (exact) mass is 281 g/mol. The average Bonchev–Trinajstić information content (AvgIpc) is 2.73. The number of hydrogen-bond acceptors (Lipinski definition) is 4. The predicted octanol–water partition coefficient (Wildman–Crippen LogP) is 2.81. The number of fused-ring (bicyclic) bond motifs is 1. The molecule has 0 fully saturated rings. The molecule has 1 aliphatic heterocycles. The summed E-state index contributed by atoms with van der Waals surface area (Å²) >= 11 is 0. The predicted molar refractivity (Wildman–Crippen MR) is 72.0 cm³/mol. The van der Waals surface area contributed by atoms with E-state index in [1.54, 1.807) is 30.3 Å². The van der Waals surface area contributed by atoms with Gasteiger partial charge in [-0.1, -0.05) is 24.3 Å². The number of amides is 1. The molecule has 5 nitrogen and oxygen atoms in total. The molecule has 1 atom stereocenters. The lowest BCUT2D eigenvalue weighted by molar-refractivity contribution is 0.0766. The zero-order valence-electron chi connectivity index (χ0n) is 10.9. The molecule has 0 aliphatic carbocycles. The van der Waals surface area contributed by atoms with Crippen LogP contribution in [0.15, 0.2) is 36.9 Å². The van der Waals surface area contributed by atoms with Gasteiger partial charge in [0.15, 0.2) is 5.78 Å². The number of carbonyl (C=O) groups is 1. The van der Waals surface area contributed by atoms with Crippen LogP contribution in [0.25, 0.3) is 0 Å². The van der Waals surface area contributed by atoms with Crippen molar-refractivity contribution in [2.75, 3.05) is 20.8 Å². The standard InChI is InChI=1S/C13H16NO4P/c1-4-9-14-12(15)10-7-5-6-8-11(10)13(14)19(16,17-2)18-3/h4-8,13H,1,9H2,2-3H3. The van der Waals surface area contributed by atoms with Crippen LogP contribution in [0.5, 0.6) is 0 Å². The van der Waals surface area contributed by atoms with E-state index >= 15 is 0 Å². The van der Waals surface area contributed by atoms with Crippen molar-refractivity contribution in [1.29, 1.82) is 0 Å². The minimum absolute atomic E-state index is 0.185. The van der Waals surface area contributed by atoms with Crippen LogP contribution in [0.4, 0.5) is 0 Å². The van der Waals surface area contributed by atoms with E-state index in [2.05, 4.69) is 6.58 Å². The number of hydrogen-bond donors (Lipinski definition) is 0. The maximum Gasteiger partial charge on any atom is 0.357 e. The van der Waals surface area contributed by atoms with Crippen LogP contribution in [0.2, 0.25) is 0 Å². The summed E-state index contributed by atoms with van der Waals surface area (Å²) in [4.78, 5) is 13.8. The van der Waals surface area contributed by atoms with Crippen LogP contribution >= 0.6 is 7.60 Å². The SMILES string of the molecule is C=CCN1C(=O)c2ccccc2C1P(=O)(OC)OC. The Morgan fingerprint density at radius 1 is 1.37 bits per heavy atom. The van der Waals surface area contributed by atoms with Gasteiger partial charge < -0.3 is 13.9 Å². The minimum Gasteiger partial charge on any atom is -0.316 e. The molecule has 6 heteroatoms. The molecular formula is C13H16NO4P. The second-order valence-electron chi connectivity index (χ2n) is 4.11. The molecule has 1 heterocycles. The fourth-order valence-electron chi connectivity index (χ4n) is 2.29. The number of nitrogens with zero attached hydrogens (tertiary/aromatic N) is 1. The summed E-state index contributed by atoms with van der Waals surface area (Å²) in [5.74, 6) is -0.904. The number of carbonyl (C=O) groups excluding carboxylic acids is 1. The Hall–Kier alpha value is -1.42. The van der Waals surface area contributed by atoms with Gasteiger partial charge in [0.05, 0.1) is 0 Å². The van der Waals surface area contributed by atoms with Crippen molar-refractivity contribution in [1.82, 2.24) is 4.90 Å². The van der Waals surface area contributed by atoms with Crippen molar-refractivity contribution in [3.05, 3.63) is 48.0 Å². The van der Waals surface area contributed by atoms with E-state index in [1.807, 2.05) is 0 Å². The second-order valence-corrected chi connectivity index (χ2v) is 6.41. The first kappa shape index (κ1) is 14.0. The van der Waals surface area contributed by atoms with Crippen LogP contribution in [-0.4, -0.2) is 31.6 Å². The molecule has 2 rings (SSSR count). The highest BCUT2D eigenvalue weighted by Crippen LogP contribution is 2.63. The van der Waals surface area contributed by atoms with E-state index in [0.29, 0.717) is 11.1 Å². The Balaban J connectivity index is 2.57. The lowest BCUT2D eigenvalue weighted by Gasteiger charge is -2.28. The quantitative estimate of drug-likeness (QED) is 0.615. The van der Waals surface area contributed by atoms with Gasteiger partial charge >= 0.3 is 7.60 Å². The Morgan fingerprint density at radius 3 is 2.58 bits per heavy atom. The van der Waals surface area contributed by atoms with E-state index in [-0.39, 0.29) is 12.5 Å². The third-order valence-electron chi connectivity index (χ3n) is 3.16. The molecule has 0 radical (unpaired) electrons. The third kappa shape index (κ3) is 2.14. The zero-order valence-corrected chi connectivity index (χ0v) is 11.8. The molecule has 0 bridgehead atoms. The van der Waals surface area contributed by atoms with Crippen molar-refractivity contribution >= 4 is 13.5 Å². The van der Waals surface area contributed by atoms with Gasteiger partial charge in [-0.05, 0) is 11.6 Å². The molecule has 102 valence electrons. The highest BCUT2D eigenvalue weighted by atomic mass is 31.2. The number of benzene rings is 1. The molecule has 1 aromatic carbocycles. The first-order chi connectivity index (χ1) is 9.09. The molecule has 1 unspecified atom stereocenters. The number of rotatable bonds is 5. The smallest absolute Gasteiger partial charge is 0.316 e. The molecule has 1 aliphatic rings. The summed E-state index contributed by atoms with van der Waals surface area (Å²) in [6, 6.07) is 7.05. The summed E-state index contributed by atoms with van der Waals surface area (Å²) in [7, 11) is -0.785. The van der Waals surface area contributed by atoms with Crippen molar-refractivity contribution in [2.24, 2.45) is 0 Å². The summed E-state index contributed by atoms with van der Waals surface area (Å²) < 4.78 is 22.8. The fraction of sp³-hybridized carbons (Fsp3) is 0.308. The zero-order chi connectivity index (χ0) is 14.0. The van der Waals surface area contributed by atoms with Gasteiger partial charge in [-0.3, -0.25) is 9.36 Å². The summed E-state index contributed by atoms with van der Waals surface area (Å²) in [5, 5.41) is 0. The van der Waals surface area contributed by atoms with Gasteiger partial charge in [-0.15, -0.1) is 6.58 Å². The van der Waals surface area contributed by atoms with Crippen LogP contribution in [0, 0.1) is 0 Å². The maximum absolute atomic E-state index is 12.7.